The van der Waals surface area contributed by atoms with Crippen LogP contribution in [0.5, 0.6) is 11.5 Å². The molecule has 0 fully saturated rings. The number of aromatic nitrogens is 3. The molecule has 3 aromatic heterocycles. The van der Waals surface area contributed by atoms with Crippen molar-refractivity contribution in [1.82, 2.24) is 20.3 Å². The second-order valence-corrected chi connectivity index (χ2v) is 8.25. The summed E-state index contributed by atoms with van der Waals surface area (Å²) in [5.41, 5.74) is 1.77. The monoisotopic (exact) mass is 499 g/mol. The SMILES string of the molecule is O=C(NCc1ccco1)C(c1ccco1)N(C(=O)Cn1nnc2ccccc21)c1ccc2c(c1)OCO2. The molecule has 0 spiro atoms. The van der Waals surface area contributed by atoms with Gasteiger partial charge in [0.2, 0.25) is 12.7 Å². The van der Waals surface area contributed by atoms with Gasteiger partial charge in [0.05, 0.1) is 24.6 Å². The van der Waals surface area contributed by atoms with Crippen LogP contribution in [-0.4, -0.2) is 33.6 Å². The molecule has 11 heteroatoms. The molecule has 1 N–H and O–H groups in total. The lowest BCUT2D eigenvalue weighted by molar-refractivity contribution is -0.127. The predicted octanol–water partition coefficient (Wildman–Crippen LogP) is 3.44. The predicted molar refractivity (Wildman–Crippen MR) is 130 cm³/mol. The number of nitrogens with one attached hydrogen (secondary N) is 1. The van der Waals surface area contributed by atoms with Crippen LogP contribution in [0.2, 0.25) is 0 Å². The molecule has 0 saturated heterocycles. The van der Waals surface area contributed by atoms with E-state index in [4.69, 9.17) is 18.3 Å². The van der Waals surface area contributed by atoms with Gasteiger partial charge in [0, 0.05) is 11.8 Å². The molecule has 0 radical (unpaired) electrons. The van der Waals surface area contributed by atoms with Crippen molar-refractivity contribution in [2.75, 3.05) is 11.7 Å². The lowest BCUT2D eigenvalue weighted by Gasteiger charge is -2.30. The van der Waals surface area contributed by atoms with E-state index in [1.54, 1.807) is 42.5 Å². The zero-order valence-corrected chi connectivity index (χ0v) is 19.4. The molecule has 0 aliphatic carbocycles. The van der Waals surface area contributed by atoms with Gasteiger partial charge >= 0.3 is 0 Å². The zero-order valence-electron chi connectivity index (χ0n) is 19.4. The summed E-state index contributed by atoms with van der Waals surface area (Å²) in [4.78, 5) is 28.9. The van der Waals surface area contributed by atoms with E-state index in [1.165, 1.54) is 22.1 Å². The largest absolute Gasteiger partial charge is 0.467 e. The average molecular weight is 499 g/mol. The first-order chi connectivity index (χ1) is 18.2. The number of benzene rings is 2. The van der Waals surface area contributed by atoms with Crippen molar-refractivity contribution in [3.63, 3.8) is 0 Å². The third-order valence-corrected chi connectivity index (χ3v) is 5.94. The van der Waals surface area contributed by atoms with E-state index in [0.29, 0.717) is 34.0 Å². The van der Waals surface area contributed by atoms with Crippen molar-refractivity contribution in [3.05, 3.63) is 90.8 Å². The van der Waals surface area contributed by atoms with Gasteiger partial charge in [0.1, 0.15) is 23.6 Å². The van der Waals surface area contributed by atoms with Crippen molar-refractivity contribution >= 4 is 28.5 Å². The van der Waals surface area contributed by atoms with Gasteiger partial charge in [-0.15, -0.1) is 5.10 Å². The van der Waals surface area contributed by atoms with Gasteiger partial charge in [-0.05, 0) is 48.5 Å². The van der Waals surface area contributed by atoms with E-state index < -0.39 is 17.9 Å². The molecule has 37 heavy (non-hydrogen) atoms. The maximum absolute atomic E-state index is 14.0. The number of furan rings is 2. The normalized spacial score (nSPS) is 13.0. The first kappa shape index (κ1) is 22.4. The Morgan fingerprint density at radius 2 is 1.81 bits per heavy atom. The van der Waals surface area contributed by atoms with Crippen molar-refractivity contribution in [2.24, 2.45) is 0 Å². The number of nitrogens with zero attached hydrogens (tertiary/aromatic N) is 4. The summed E-state index contributed by atoms with van der Waals surface area (Å²) < 4.78 is 23.4. The molecule has 11 nitrogen and oxygen atoms in total. The van der Waals surface area contributed by atoms with Crippen LogP contribution in [0.1, 0.15) is 17.6 Å². The molecule has 1 aliphatic heterocycles. The first-order valence-corrected chi connectivity index (χ1v) is 11.5. The smallest absolute Gasteiger partial charge is 0.251 e. The maximum Gasteiger partial charge on any atom is 0.251 e. The molecule has 4 heterocycles. The molecule has 6 rings (SSSR count). The topological polar surface area (TPSA) is 125 Å². The summed E-state index contributed by atoms with van der Waals surface area (Å²) in [7, 11) is 0. The summed E-state index contributed by atoms with van der Waals surface area (Å²) >= 11 is 0. The van der Waals surface area contributed by atoms with Crippen molar-refractivity contribution < 1.29 is 27.9 Å². The highest BCUT2D eigenvalue weighted by Gasteiger charge is 2.36. The highest BCUT2D eigenvalue weighted by Crippen LogP contribution is 2.38. The number of fused-ring (bicyclic) bond motifs is 2. The third-order valence-electron chi connectivity index (χ3n) is 5.94. The summed E-state index contributed by atoms with van der Waals surface area (Å²) in [6.45, 7) is 0.0421. The van der Waals surface area contributed by atoms with Crippen LogP contribution in [0.4, 0.5) is 5.69 Å². The molecule has 186 valence electrons. The number of hydrogen-bond acceptors (Lipinski definition) is 8. The molecule has 1 aliphatic rings. The highest BCUT2D eigenvalue weighted by molar-refractivity contribution is 6.01. The Hall–Kier alpha value is -5.06. The Kier molecular flexibility index (Phi) is 5.77. The minimum Gasteiger partial charge on any atom is -0.467 e. The molecular weight excluding hydrogens is 478 g/mol. The fourth-order valence-electron chi connectivity index (χ4n) is 4.22. The van der Waals surface area contributed by atoms with E-state index in [2.05, 4.69) is 15.6 Å². The van der Waals surface area contributed by atoms with Gasteiger partial charge in [-0.1, -0.05) is 17.3 Å². The van der Waals surface area contributed by atoms with E-state index in [9.17, 15) is 9.59 Å². The lowest BCUT2D eigenvalue weighted by Crippen LogP contribution is -2.45. The number of hydrogen-bond donors (Lipinski definition) is 1. The van der Waals surface area contributed by atoms with Crippen LogP contribution >= 0.6 is 0 Å². The number of amides is 2. The Morgan fingerprint density at radius 3 is 2.65 bits per heavy atom. The molecule has 2 amide bonds. The second-order valence-electron chi connectivity index (χ2n) is 8.25. The van der Waals surface area contributed by atoms with Crippen LogP contribution < -0.4 is 19.7 Å². The minimum absolute atomic E-state index is 0.0723. The van der Waals surface area contributed by atoms with E-state index in [-0.39, 0.29) is 25.6 Å². The van der Waals surface area contributed by atoms with Crippen LogP contribution in [0.3, 0.4) is 0 Å². The van der Waals surface area contributed by atoms with E-state index >= 15 is 0 Å². The summed E-state index contributed by atoms with van der Waals surface area (Å²) in [5.74, 6) is 1.00. The molecular formula is C26H21N5O6. The molecule has 0 bridgehead atoms. The van der Waals surface area contributed by atoms with Crippen LogP contribution in [-0.2, 0) is 22.7 Å². The number of carbonyl (C=O) groups excluding carboxylic acids is 2. The van der Waals surface area contributed by atoms with E-state index in [1.807, 2.05) is 24.3 Å². The van der Waals surface area contributed by atoms with Crippen molar-refractivity contribution in [1.29, 1.82) is 0 Å². The number of anilines is 1. The van der Waals surface area contributed by atoms with Crippen LogP contribution in [0.25, 0.3) is 11.0 Å². The first-order valence-electron chi connectivity index (χ1n) is 11.5. The number of para-hydroxylation sites is 1. The summed E-state index contributed by atoms with van der Waals surface area (Å²) in [5, 5.41) is 11.1. The quantitative estimate of drug-likeness (QED) is 0.344. The zero-order chi connectivity index (χ0) is 25.2. The number of rotatable bonds is 8. The molecule has 1 atom stereocenters. The molecule has 2 aromatic carbocycles. The van der Waals surface area contributed by atoms with Crippen LogP contribution in [0, 0.1) is 0 Å². The van der Waals surface area contributed by atoms with Crippen molar-refractivity contribution in [3.8, 4) is 11.5 Å². The number of carbonyl (C=O) groups is 2. The maximum atomic E-state index is 14.0. The Labute approximate surface area is 210 Å². The Balaban J connectivity index is 1.39. The van der Waals surface area contributed by atoms with Gasteiger partial charge in [0.15, 0.2) is 17.5 Å². The van der Waals surface area contributed by atoms with E-state index in [0.717, 1.165) is 0 Å². The molecule has 0 saturated carbocycles. The fourth-order valence-corrected chi connectivity index (χ4v) is 4.22. The molecule has 5 aromatic rings. The van der Waals surface area contributed by atoms with Gasteiger partial charge < -0.3 is 23.6 Å². The number of ether oxygens (including phenoxy) is 2. The van der Waals surface area contributed by atoms with Crippen molar-refractivity contribution in [2.45, 2.75) is 19.1 Å². The van der Waals surface area contributed by atoms with Gasteiger partial charge in [-0.2, -0.15) is 0 Å². The highest BCUT2D eigenvalue weighted by atomic mass is 16.7. The third kappa shape index (κ3) is 4.38. The van der Waals surface area contributed by atoms with Gasteiger partial charge in [-0.3, -0.25) is 14.5 Å². The Morgan fingerprint density at radius 1 is 0.973 bits per heavy atom. The lowest BCUT2D eigenvalue weighted by atomic mass is 10.1. The standard InChI is InChI=1S/C26H21N5O6/c32-24(15-30-20-7-2-1-6-19(20)28-29-30)31(17-9-10-21-23(13-17)37-16-36-21)25(22-8-4-12-35-22)26(33)27-14-18-5-3-11-34-18/h1-13,25H,14-16H2,(H,27,33). The summed E-state index contributed by atoms with van der Waals surface area (Å²) in [6, 6.07) is 18.0. The van der Waals surface area contributed by atoms with Crippen LogP contribution in [0.15, 0.2) is 88.1 Å². The minimum atomic E-state index is -1.13. The average Bonchev–Trinajstić information content (AvgIpc) is 3.73. The molecule has 1 unspecified atom stereocenters. The fraction of sp³-hybridized carbons (Fsp3) is 0.154. The second kappa shape index (κ2) is 9.53. The Bertz CT molecular complexity index is 1540. The summed E-state index contributed by atoms with van der Waals surface area (Å²) in [6.07, 6.45) is 2.98. The van der Waals surface area contributed by atoms with Gasteiger partial charge in [-0.25, -0.2) is 4.68 Å². The van der Waals surface area contributed by atoms with Gasteiger partial charge in [0.25, 0.3) is 5.91 Å².